The zero-order valence-corrected chi connectivity index (χ0v) is 14.4. The van der Waals surface area contributed by atoms with Crippen molar-refractivity contribution in [2.75, 3.05) is 51.7 Å². The Bertz CT molecular complexity index is 529. The highest BCUT2D eigenvalue weighted by Gasteiger charge is 2.22. The molecule has 0 radical (unpaired) electrons. The number of hydrogen-bond donors (Lipinski definition) is 2. The van der Waals surface area contributed by atoms with E-state index in [9.17, 15) is 9.59 Å². The van der Waals surface area contributed by atoms with Gasteiger partial charge in [-0.05, 0) is 32.9 Å². The van der Waals surface area contributed by atoms with Crippen LogP contribution in [0.3, 0.4) is 0 Å². The van der Waals surface area contributed by atoms with Gasteiger partial charge in [-0.25, -0.2) is 4.98 Å². The molecule has 8 nitrogen and oxygen atoms in total. The number of carbonyl (C=O) groups excluding carboxylic acids is 2. The van der Waals surface area contributed by atoms with Crippen LogP contribution in [0.4, 0.5) is 5.82 Å². The molecule has 8 heteroatoms. The minimum Gasteiger partial charge on any atom is -0.355 e. The van der Waals surface area contributed by atoms with Gasteiger partial charge in [-0.3, -0.25) is 14.6 Å². The van der Waals surface area contributed by atoms with E-state index in [4.69, 9.17) is 0 Å². The Labute approximate surface area is 142 Å². The van der Waals surface area contributed by atoms with E-state index >= 15 is 0 Å². The van der Waals surface area contributed by atoms with E-state index in [-0.39, 0.29) is 0 Å². The molecule has 1 aliphatic heterocycles. The van der Waals surface area contributed by atoms with E-state index in [1.54, 1.807) is 18.6 Å². The number of piperidine rings is 1. The molecule has 0 atom stereocenters. The highest BCUT2D eigenvalue weighted by atomic mass is 16.2. The summed E-state index contributed by atoms with van der Waals surface area (Å²) in [5.41, 5.74) is 0. The first-order valence-electron chi connectivity index (χ1n) is 8.28. The van der Waals surface area contributed by atoms with Gasteiger partial charge in [0.2, 0.25) is 0 Å². The van der Waals surface area contributed by atoms with Crippen LogP contribution in [0.1, 0.15) is 12.8 Å². The van der Waals surface area contributed by atoms with Crippen LogP contribution in [-0.2, 0) is 9.59 Å². The molecule has 0 unspecified atom stereocenters. The van der Waals surface area contributed by atoms with E-state index < -0.39 is 11.8 Å². The highest BCUT2D eigenvalue weighted by Crippen LogP contribution is 2.20. The van der Waals surface area contributed by atoms with Crippen molar-refractivity contribution in [3.8, 4) is 0 Å². The molecule has 0 aromatic carbocycles. The lowest BCUT2D eigenvalue weighted by atomic mass is 9.97. The Morgan fingerprint density at radius 2 is 1.92 bits per heavy atom. The van der Waals surface area contributed by atoms with Gasteiger partial charge < -0.3 is 20.4 Å². The molecule has 0 bridgehead atoms. The number of aromatic nitrogens is 2. The van der Waals surface area contributed by atoms with E-state index in [0.29, 0.717) is 25.6 Å². The summed E-state index contributed by atoms with van der Waals surface area (Å²) in [6.45, 7) is 3.48. The second kappa shape index (κ2) is 9.17. The Morgan fingerprint density at radius 3 is 2.54 bits per heavy atom. The predicted octanol–water partition coefficient (Wildman–Crippen LogP) is -0.513. The van der Waals surface area contributed by atoms with Crippen LogP contribution in [0.2, 0.25) is 0 Å². The smallest absolute Gasteiger partial charge is 0.309 e. The van der Waals surface area contributed by atoms with Crippen molar-refractivity contribution in [3.05, 3.63) is 18.6 Å². The van der Waals surface area contributed by atoms with Crippen LogP contribution in [0.15, 0.2) is 18.6 Å². The monoisotopic (exact) mass is 334 g/mol. The molecule has 2 amide bonds. The summed E-state index contributed by atoms with van der Waals surface area (Å²) in [5.74, 6) is 0.163. The molecule has 1 aromatic heterocycles. The zero-order chi connectivity index (χ0) is 17.4. The average Bonchev–Trinajstić information content (AvgIpc) is 2.60. The van der Waals surface area contributed by atoms with Gasteiger partial charge in [0.25, 0.3) is 0 Å². The summed E-state index contributed by atoms with van der Waals surface area (Å²) in [5, 5.41) is 5.35. The molecule has 0 saturated carbocycles. The minimum atomic E-state index is -0.561. The number of nitrogens with zero attached hydrogens (tertiary/aromatic N) is 4. The molecule has 24 heavy (non-hydrogen) atoms. The zero-order valence-electron chi connectivity index (χ0n) is 14.4. The number of carbonyl (C=O) groups is 2. The fraction of sp³-hybridized carbons (Fsp3) is 0.625. The SMILES string of the molecule is CN(C)CCNC(=O)C(=O)NCC1CCN(c2cnccn2)CC1. The largest absolute Gasteiger partial charge is 0.355 e. The van der Waals surface area contributed by atoms with E-state index in [2.05, 4.69) is 25.5 Å². The Kier molecular flexibility index (Phi) is 6.92. The van der Waals surface area contributed by atoms with Crippen molar-refractivity contribution in [2.45, 2.75) is 12.8 Å². The highest BCUT2D eigenvalue weighted by molar-refractivity contribution is 6.35. The third-order valence-electron chi connectivity index (χ3n) is 4.09. The first kappa shape index (κ1) is 18.1. The first-order valence-corrected chi connectivity index (χ1v) is 8.28. The summed E-state index contributed by atoms with van der Waals surface area (Å²) in [6.07, 6.45) is 7.03. The van der Waals surface area contributed by atoms with Crippen molar-refractivity contribution in [1.29, 1.82) is 0 Å². The van der Waals surface area contributed by atoms with Gasteiger partial charge in [0, 0.05) is 45.1 Å². The topological polar surface area (TPSA) is 90.5 Å². The maximum absolute atomic E-state index is 11.8. The van der Waals surface area contributed by atoms with Crippen molar-refractivity contribution >= 4 is 17.6 Å². The molecule has 1 fully saturated rings. The van der Waals surface area contributed by atoms with Crippen molar-refractivity contribution < 1.29 is 9.59 Å². The number of anilines is 1. The number of hydrogen-bond acceptors (Lipinski definition) is 6. The summed E-state index contributed by atoms with van der Waals surface area (Å²) < 4.78 is 0. The molecule has 2 N–H and O–H groups in total. The summed E-state index contributed by atoms with van der Waals surface area (Å²) in [6, 6.07) is 0. The maximum Gasteiger partial charge on any atom is 0.309 e. The molecule has 2 heterocycles. The average molecular weight is 334 g/mol. The molecular weight excluding hydrogens is 308 g/mol. The Hall–Kier alpha value is -2.22. The van der Waals surface area contributed by atoms with Crippen molar-refractivity contribution in [1.82, 2.24) is 25.5 Å². The van der Waals surface area contributed by atoms with Crippen LogP contribution in [0.5, 0.6) is 0 Å². The lowest BCUT2D eigenvalue weighted by Crippen LogP contribution is -2.45. The van der Waals surface area contributed by atoms with E-state index in [1.165, 1.54) is 0 Å². The van der Waals surface area contributed by atoms with Crippen LogP contribution in [-0.4, -0.2) is 73.5 Å². The normalized spacial score (nSPS) is 15.4. The predicted molar refractivity (Wildman–Crippen MR) is 91.5 cm³/mol. The molecule has 1 saturated heterocycles. The molecule has 0 aliphatic carbocycles. The van der Waals surface area contributed by atoms with E-state index in [1.807, 2.05) is 19.0 Å². The van der Waals surface area contributed by atoms with Gasteiger partial charge in [-0.2, -0.15) is 0 Å². The number of likely N-dealkylation sites (N-methyl/N-ethyl adjacent to an activating group) is 1. The van der Waals surface area contributed by atoms with E-state index in [0.717, 1.165) is 31.7 Å². The standard InChI is InChI=1S/C16H26N6O2/c1-21(2)10-7-19-15(23)16(24)20-11-13-3-8-22(9-4-13)14-12-17-5-6-18-14/h5-6,12-13H,3-4,7-11H2,1-2H3,(H,19,23)(H,20,24). The van der Waals surface area contributed by atoms with Gasteiger partial charge in [0.15, 0.2) is 0 Å². The van der Waals surface area contributed by atoms with Crippen molar-refractivity contribution in [3.63, 3.8) is 0 Å². The fourth-order valence-corrected chi connectivity index (χ4v) is 2.61. The van der Waals surface area contributed by atoms with Crippen LogP contribution < -0.4 is 15.5 Å². The third-order valence-corrected chi connectivity index (χ3v) is 4.09. The molecular formula is C16H26N6O2. The van der Waals surface area contributed by atoms with Crippen LogP contribution in [0.25, 0.3) is 0 Å². The second-order valence-electron chi connectivity index (χ2n) is 6.26. The molecule has 1 aliphatic rings. The molecule has 132 valence electrons. The van der Waals surface area contributed by atoms with Gasteiger partial charge in [0.1, 0.15) is 5.82 Å². The molecule has 0 spiro atoms. The molecule has 2 rings (SSSR count). The first-order chi connectivity index (χ1) is 11.6. The lowest BCUT2D eigenvalue weighted by molar-refractivity contribution is -0.139. The molecule has 1 aromatic rings. The Balaban J connectivity index is 1.65. The van der Waals surface area contributed by atoms with Gasteiger partial charge >= 0.3 is 11.8 Å². The van der Waals surface area contributed by atoms with Gasteiger partial charge in [0.05, 0.1) is 6.20 Å². The minimum absolute atomic E-state index is 0.386. The lowest BCUT2D eigenvalue weighted by Gasteiger charge is -2.32. The Morgan fingerprint density at radius 1 is 1.21 bits per heavy atom. The summed E-state index contributed by atoms with van der Waals surface area (Å²) in [7, 11) is 3.83. The quantitative estimate of drug-likeness (QED) is 0.681. The maximum atomic E-state index is 11.8. The van der Waals surface area contributed by atoms with Crippen LogP contribution >= 0.6 is 0 Å². The summed E-state index contributed by atoms with van der Waals surface area (Å²) >= 11 is 0. The number of amides is 2. The number of rotatable bonds is 6. The summed E-state index contributed by atoms with van der Waals surface area (Å²) in [4.78, 5) is 36.0. The van der Waals surface area contributed by atoms with Gasteiger partial charge in [-0.1, -0.05) is 0 Å². The second-order valence-corrected chi connectivity index (χ2v) is 6.26. The fourth-order valence-electron chi connectivity index (χ4n) is 2.61. The third kappa shape index (κ3) is 5.77. The van der Waals surface area contributed by atoms with Crippen molar-refractivity contribution in [2.24, 2.45) is 5.92 Å². The number of nitrogens with one attached hydrogen (secondary N) is 2. The van der Waals surface area contributed by atoms with Crippen LogP contribution in [0, 0.1) is 5.92 Å². The van der Waals surface area contributed by atoms with Gasteiger partial charge in [-0.15, -0.1) is 0 Å².